The van der Waals surface area contributed by atoms with Gasteiger partial charge in [0.1, 0.15) is 0 Å². The molecule has 3 atom stereocenters. The van der Waals surface area contributed by atoms with Gasteiger partial charge in [0.2, 0.25) is 15.9 Å². The Labute approximate surface area is 243 Å². The lowest BCUT2D eigenvalue weighted by atomic mass is 9.95. The molecule has 1 aromatic heterocycles. The third-order valence-electron chi connectivity index (χ3n) is 8.97. The standard InChI is InChI=1S/C29H34ClF2N5O3S/c30-21-7-5-20(6-8-21)29(31,32)27(28(38)37-23-9-10-24(37)15-22(33)14-23)35-41(39,40)25-11-12-26-19(13-25)16-34-36(26)17-18-3-1-2-4-18/h5-8,11-13,16,18,22-24,27,35H,1-4,9-10,14-15,17,33H2/t22?,23?,24?,27-/m1/s1. The van der Waals surface area contributed by atoms with E-state index in [0.717, 1.165) is 37.0 Å². The maximum Gasteiger partial charge on any atom is 0.298 e. The minimum absolute atomic E-state index is 0.121. The molecule has 0 radical (unpaired) electrons. The van der Waals surface area contributed by atoms with Gasteiger partial charge in [0.15, 0.2) is 6.04 Å². The number of nitrogens with two attached hydrogens (primary N) is 1. The van der Waals surface area contributed by atoms with Gasteiger partial charge in [0.25, 0.3) is 5.92 Å². The second kappa shape index (κ2) is 10.9. The van der Waals surface area contributed by atoms with E-state index >= 15 is 8.78 Å². The number of amides is 1. The number of sulfonamides is 1. The van der Waals surface area contributed by atoms with E-state index in [4.69, 9.17) is 17.3 Å². The smallest absolute Gasteiger partial charge is 0.298 e. The van der Waals surface area contributed by atoms with Crippen LogP contribution in [-0.2, 0) is 27.3 Å². The van der Waals surface area contributed by atoms with E-state index in [1.807, 2.05) is 4.68 Å². The molecule has 220 valence electrons. The van der Waals surface area contributed by atoms with Crippen molar-refractivity contribution in [3.63, 3.8) is 0 Å². The zero-order chi connectivity index (χ0) is 28.9. The zero-order valence-corrected chi connectivity index (χ0v) is 24.1. The van der Waals surface area contributed by atoms with Gasteiger partial charge in [0, 0.05) is 40.6 Å². The Morgan fingerprint density at radius 1 is 1.07 bits per heavy atom. The summed E-state index contributed by atoms with van der Waals surface area (Å²) in [6.07, 6.45) is 8.55. The molecule has 2 aliphatic heterocycles. The van der Waals surface area contributed by atoms with Crippen molar-refractivity contribution in [2.24, 2.45) is 11.7 Å². The molecule has 1 aliphatic carbocycles. The number of halogens is 3. The molecule has 2 bridgehead atoms. The Balaban J connectivity index is 1.32. The van der Waals surface area contributed by atoms with Gasteiger partial charge >= 0.3 is 0 Å². The van der Waals surface area contributed by atoms with Crippen LogP contribution in [0.1, 0.15) is 56.9 Å². The lowest BCUT2D eigenvalue weighted by Crippen LogP contribution is -2.60. The SMILES string of the molecule is NC1CC2CCC(C1)N2C(=O)[C@@H](NS(=O)(=O)c1ccc2c(cnn2CC2CCCC2)c1)C(F)(F)c1ccc(Cl)cc1. The Morgan fingerprint density at radius 3 is 2.39 bits per heavy atom. The van der Waals surface area contributed by atoms with Crippen LogP contribution >= 0.6 is 11.6 Å². The fourth-order valence-electron chi connectivity index (χ4n) is 6.88. The molecule has 41 heavy (non-hydrogen) atoms. The maximum absolute atomic E-state index is 16.1. The van der Waals surface area contributed by atoms with E-state index in [2.05, 4.69) is 9.82 Å². The van der Waals surface area contributed by atoms with E-state index in [0.29, 0.717) is 37.0 Å². The Bertz CT molecular complexity index is 1530. The van der Waals surface area contributed by atoms with E-state index in [9.17, 15) is 13.2 Å². The van der Waals surface area contributed by atoms with Crippen molar-refractivity contribution in [3.8, 4) is 0 Å². The van der Waals surface area contributed by atoms with Crippen LogP contribution in [0.5, 0.6) is 0 Å². The van der Waals surface area contributed by atoms with Crippen LogP contribution in [0.25, 0.3) is 10.9 Å². The third-order valence-corrected chi connectivity index (χ3v) is 10.6. The summed E-state index contributed by atoms with van der Waals surface area (Å²) in [4.78, 5) is 15.1. The number of piperidine rings is 1. The second-order valence-electron chi connectivity index (χ2n) is 11.7. The average molecular weight is 606 g/mol. The molecular weight excluding hydrogens is 572 g/mol. The summed E-state index contributed by atoms with van der Waals surface area (Å²) >= 11 is 5.92. The number of hydrogen-bond donors (Lipinski definition) is 2. The first-order valence-corrected chi connectivity index (χ1v) is 16.1. The van der Waals surface area contributed by atoms with Gasteiger partial charge in [-0.2, -0.15) is 18.6 Å². The van der Waals surface area contributed by atoms with Crippen molar-refractivity contribution in [1.82, 2.24) is 19.4 Å². The highest BCUT2D eigenvalue weighted by atomic mass is 35.5. The first-order valence-electron chi connectivity index (χ1n) is 14.2. The number of benzene rings is 2. The van der Waals surface area contributed by atoms with Crippen molar-refractivity contribution < 1.29 is 22.0 Å². The number of carbonyl (C=O) groups is 1. The lowest BCUT2D eigenvalue weighted by Gasteiger charge is -2.41. The monoisotopic (exact) mass is 605 g/mol. The van der Waals surface area contributed by atoms with Crippen molar-refractivity contribution in [2.45, 2.75) is 92.9 Å². The van der Waals surface area contributed by atoms with Gasteiger partial charge in [-0.25, -0.2) is 8.42 Å². The van der Waals surface area contributed by atoms with Gasteiger partial charge in [0.05, 0.1) is 16.6 Å². The molecule has 2 aromatic carbocycles. The van der Waals surface area contributed by atoms with E-state index < -0.39 is 33.5 Å². The van der Waals surface area contributed by atoms with Crippen molar-refractivity contribution in [2.75, 3.05) is 0 Å². The first kappa shape index (κ1) is 28.5. The largest absolute Gasteiger partial charge is 0.335 e. The van der Waals surface area contributed by atoms with Crippen LogP contribution < -0.4 is 10.5 Å². The quantitative estimate of drug-likeness (QED) is 0.383. The Kier molecular flexibility index (Phi) is 7.59. The molecule has 0 spiro atoms. The topological polar surface area (TPSA) is 110 Å². The highest BCUT2D eigenvalue weighted by Gasteiger charge is 2.53. The molecule has 1 amide bonds. The molecule has 6 rings (SSSR count). The second-order valence-corrected chi connectivity index (χ2v) is 13.9. The van der Waals surface area contributed by atoms with Gasteiger partial charge in [-0.05, 0) is 74.8 Å². The van der Waals surface area contributed by atoms with Crippen LogP contribution in [0.15, 0.2) is 53.6 Å². The van der Waals surface area contributed by atoms with Gasteiger partial charge in [-0.1, -0.05) is 36.6 Å². The minimum Gasteiger partial charge on any atom is -0.335 e. The molecule has 12 heteroatoms. The number of fused-ring (bicyclic) bond motifs is 3. The van der Waals surface area contributed by atoms with Crippen molar-refractivity contribution in [3.05, 3.63) is 59.2 Å². The molecule has 1 saturated carbocycles. The molecule has 3 aromatic rings. The van der Waals surface area contributed by atoms with Crippen LogP contribution in [0, 0.1) is 5.92 Å². The number of alkyl halides is 2. The zero-order valence-electron chi connectivity index (χ0n) is 22.6. The minimum atomic E-state index is -4.54. The molecular formula is C29H34ClF2N5O3S. The predicted molar refractivity (Wildman–Crippen MR) is 152 cm³/mol. The summed E-state index contributed by atoms with van der Waals surface area (Å²) in [5, 5.41) is 5.28. The highest BCUT2D eigenvalue weighted by Crippen LogP contribution is 2.40. The fourth-order valence-corrected chi connectivity index (χ4v) is 8.24. The molecule has 3 fully saturated rings. The van der Waals surface area contributed by atoms with Crippen molar-refractivity contribution >= 4 is 38.4 Å². The van der Waals surface area contributed by atoms with Gasteiger partial charge in [-0.3, -0.25) is 9.48 Å². The molecule has 3 heterocycles. The average Bonchev–Trinajstić information content (AvgIpc) is 3.66. The first-order chi connectivity index (χ1) is 19.5. The van der Waals surface area contributed by atoms with E-state index in [1.165, 1.54) is 42.0 Å². The van der Waals surface area contributed by atoms with E-state index in [-0.39, 0.29) is 28.0 Å². The Morgan fingerprint density at radius 2 is 1.73 bits per heavy atom. The van der Waals surface area contributed by atoms with Gasteiger partial charge in [-0.15, -0.1) is 0 Å². The summed E-state index contributed by atoms with van der Waals surface area (Å²) < 4.78 is 63.6. The third kappa shape index (κ3) is 5.49. The van der Waals surface area contributed by atoms with Crippen LogP contribution in [-0.4, -0.2) is 53.2 Å². The van der Waals surface area contributed by atoms with Crippen LogP contribution in [0.3, 0.4) is 0 Å². The molecule has 2 saturated heterocycles. The molecule has 2 unspecified atom stereocenters. The molecule has 8 nitrogen and oxygen atoms in total. The highest BCUT2D eigenvalue weighted by molar-refractivity contribution is 7.89. The lowest BCUT2D eigenvalue weighted by molar-refractivity contribution is -0.149. The summed E-state index contributed by atoms with van der Waals surface area (Å²) in [6, 6.07) is 6.18. The number of aromatic nitrogens is 2. The van der Waals surface area contributed by atoms with Crippen LogP contribution in [0.4, 0.5) is 8.78 Å². The number of hydrogen-bond acceptors (Lipinski definition) is 5. The van der Waals surface area contributed by atoms with Crippen LogP contribution in [0.2, 0.25) is 5.02 Å². The molecule has 3 N–H and O–H groups in total. The van der Waals surface area contributed by atoms with E-state index in [1.54, 1.807) is 12.3 Å². The maximum atomic E-state index is 16.1. The predicted octanol–water partition coefficient (Wildman–Crippen LogP) is 4.80. The number of rotatable bonds is 8. The van der Waals surface area contributed by atoms with Crippen molar-refractivity contribution in [1.29, 1.82) is 0 Å². The summed E-state index contributed by atoms with van der Waals surface area (Å²) in [5.41, 5.74) is 6.41. The number of carbonyl (C=O) groups excluding carboxylic acids is 1. The fraction of sp³-hybridized carbons (Fsp3) is 0.517. The summed E-state index contributed by atoms with van der Waals surface area (Å²) in [5.74, 6) is -4.27. The normalized spacial score (nSPS) is 24.3. The number of nitrogens with zero attached hydrogens (tertiary/aromatic N) is 3. The number of nitrogens with one attached hydrogen (secondary N) is 1. The summed E-state index contributed by atoms with van der Waals surface area (Å²) in [6.45, 7) is 0.750. The molecule has 3 aliphatic rings. The Hall–Kier alpha value is -2.60. The van der Waals surface area contributed by atoms with Gasteiger partial charge < -0.3 is 10.6 Å². The summed E-state index contributed by atoms with van der Waals surface area (Å²) in [7, 11) is -4.54.